The molecule has 0 aromatic heterocycles. The Bertz CT molecular complexity index is 1850. The molecule has 458 valence electrons. The molecule has 0 amide bonds. The number of unbranched alkanes of at least 4 members (excludes halogenated alkanes) is 24. The smallest absolute Gasteiger partial charge is 0.726 e. The molecule has 18 nitrogen and oxygen atoms in total. The van der Waals surface area contributed by atoms with Gasteiger partial charge in [0.1, 0.15) is 13.2 Å². The van der Waals surface area contributed by atoms with Crippen LogP contribution in [-0.4, -0.2) is 94.4 Å². The molecule has 0 bridgehead atoms. The van der Waals surface area contributed by atoms with E-state index in [0.717, 1.165) is 173 Å². The largest absolute Gasteiger partial charge is 1.00 e. The van der Waals surface area contributed by atoms with Crippen LogP contribution in [0.2, 0.25) is 0 Å². The van der Waals surface area contributed by atoms with Gasteiger partial charge in [0.15, 0.2) is 6.10 Å². The van der Waals surface area contributed by atoms with Crippen LogP contribution in [0.25, 0.3) is 0 Å². The Morgan fingerprint density at radius 3 is 0.889 bits per heavy atom. The minimum absolute atomic E-state index is 0. The quantitative estimate of drug-likeness (QED) is 0.0154. The molecule has 0 aliphatic heterocycles. The molecule has 0 spiro atoms. The molecule has 3 atom stereocenters. The molecule has 81 heavy (non-hydrogen) atoms. The van der Waals surface area contributed by atoms with Gasteiger partial charge in [0.05, 0.1) is 18.3 Å². The maximum atomic E-state index is 12.9. The summed E-state index contributed by atoms with van der Waals surface area (Å²) in [6.07, 6.45) is 38.0. The third-order valence-corrected chi connectivity index (χ3v) is 14.5. The molecule has 0 saturated heterocycles. The Morgan fingerprint density at radius 2 is 0.605 bits per heavy atom. The van der Waals surface area contributed by atoms with Crippen LogP contribution in [0.1, 0.15) is 271 Å². The zero-order chi connectivity index (χ0) is 58.0. The third kappa shape index (κ3) is 66.0. The molecule has 0 aromatic carbocycles. The van der Waals surface area contributed by atoms with Crippen LogP contribution < -0.4 is 88.7 Å². The van der Waals surface area contributed by atoms with Crippen LogP contribution in [0.4, 0.5) is 0 Å². The first-order valence-corrected chi connectivity index (χ1v) is 33.6. The second-order valence-electron chi connectivity index (χ2n) is 20.4. The summed E-state index contributed by atoms with van der Waals surface area (Å²) >= 11 is 0. The van der Waals surface area contributed by atoms with E-state index in [1.807, 2.05) is 36.5 Å². The van der Waals surface area contributed by atoms with E-state index in [2.05, 4.69) is 20.8 Å². The van der Waals surface area contributed by atoms with Crippen LogP contribution >= 0.6 is 0 Å². The first-order chi connectivity index (χ1) is 37.3. The Labute approximate surface area is 557 Å². The summed E-state index contributed by atoms with van der Waals surface area (Å²) in [6, 6.07) is 0. The van der Waals surface area contributed by atoms with Gasteiger partial charge < -0.3 is 27.9 Å². The maximum Gasteiger partial charge on any atom is 1.00 e. The molecular weight excluding hydrogens is 1140 g/mol. The van der Waals surface area contributed by atoms with E-state index in [0.29, 0.717) is 57.8 Å². The van der Waals surface area contributed by atoms with Gasteiger partial charge in [-0.1, -0.05) is 192 Å². The van der Waals surface area contributed by atoms with Crippen molar-refractivity contribution < 1.29 is 169 Å². The Balaban J connectivity index is -0.00000988. The van der Waals surface area contributed by atoms with Crippen LogP contribution in [0.5, 0.6) is 0 Å². The predicted octanol–water partition coefficient (Wildman–Crippen LogP) is 4.48. The molecule has 0 aliphatic rings. The van der Waals surface area contributed by atoms with Gasteiger partial charge in [-0.15, -0.1) is 0 Å². The average Bonchev–Trinajstić information content (AvgIpc) is 3.36. The van der Waals surface area contributed by atoms with Crippen molar-refractivity contribution >= 4 is 49.1 Å². The summed E-state index contributed by atoms with van der Waals surface area (Å²) in [5.74, 6) is -1.37. The molecule has 0 aliphatic carbocycles. The number of carbonyl (C=O) groups is 3. The first-order valence-electron chi connectivity index (χ1n) is 29.6. The van der Waals surface area contributed by atoms with Crippen molar-refractivity contribution in [1.29, 1.82) is 0 Å². The summed E-state index contributed by atoms with van der Waals surface area (Å²) in [5, 5.41) is 0. The van der Waals surface area contributed by atoms with Gasteiger partial charge in [-0.05, 0) is 96.3 Å². The van der Waals surface area contributed by atoms with Gasteiger partial charge >= 0.3 is 107 Å². The number of allylic oxidation sites excluding steroid dienone is 3. The molecule has 3 unspecified atom stereocenters. The summed E-state index contributed by atoms with van der Waals surface area (Å²) in [7, 11) is -14.3. The number of hydrogen-bond acceptors (Lipinski definition) is 18. The van der Waals surface area contributed by atoms with Crippen molar-refractivity contribution in [2.45, 2.75) is 296 Å². The van der Waals surface area contributed by atoms with Crippen LogP contribution in [0, 0.1) is 0 Å². The Morgan fingerprint density at radius 1 is 0.346 bits per heavy atom. The standard InChI is InChI=1S/C57H104O18S3.3Na/c1-4-7-10-31-40-51(73-76(61,62)63)43-34-25-19-13-16-22-28-37-46-55(58)70-49-54(72-57(60)48-39-30-24-18-15-21-27-36-45-53(75-78(67,68)69)42-33-12-9-6-3)50-71-56(59)47-38-29-23-17-14-20-26-35-44-52(74-77(64,65)66)41-32-11-8-5-2;;;/h25-27,34-36,51-54H,4-24,28-33,37-50H2,1-3H3,(H,61,62,63)(H,64,65,66)(H,67,68,69);;;/q;3*+1/p-3/b34-25-,35-26-,36-27-;;;. The van der Waals surface area contributed by atoms with Gasteiger partial charge in [-0.25, -0.2) is 25.3 Å². The van der Waals surface area contributed by atoms with E-state index < -0.39 is 73.5 Å². The van der Waals surface area contributed by atoms with Crippen LogP contribution in [0.3, 0.4) is 0 Å². The van der Waals surface area contributed by atoms with Gasteiger partial charge in [0, 0.05) is 19.3 Å². The fourth-order valence-corrected chi connectivity index (χ4v) is 10.2. The molecule has 0 saturated carbocycles. The molecule has 0 aromatic rings. The SMILES string of the molecule is CCCCCCC(C/C=C\CCCCCCCC(=O)OCC(COC(=O)CCCCCCC/C=C\CC(CCCCCC)OS(=O)(=O)[O-])OC(=O)CCCCCCC/C=C\CC(CCCCCC)OS(=O)(=O)[O-])OS(=O)(=O)[O-].[Na+].[Na+].[Na+]. The molecule has 24 heteroatoms. The molecule has 0 rings (SSSR count). The summed E-state index contributed by atoms with van der Waals surface area (Å²) in [4.78, 5) is 38.3. The minimum atomic E-state index is -4.77. The van der Waals surface area contributed by atoms with E-state index in [-0.39, 0.29) is 121 Å². The van der Waals surface area contributed by atoms with Gasteiger partial charge in [-0.3, -0.25) is 26.9 Å². The summed E-state index contributed by atoms with van der Waals surface area (Å²) < 4.78 is 131. The van der Waals surface area contributed by atoms with Crippen molar-refractivity contribution in [3.8, 4) is 0 Å². The summed E-state index contributed by atoms with van der Waals surface area (Å²) in [6.45, 7) is 5.75. The van der Waals surface area contributed by atoms with E-state index in [1.165, 1.54) is 0 Å². The predicted molar refractivity (Wildman–Crippen MR) is 300 cm³/mol. The normalized spacial score (nSPS) is 13.6. The maximum absolute atomic E-state index is 12.9. The first kappa shape index (κ1) is 87.7. The molecular formula is C57H101Na3O18S3. The second kappa shape index (κ2) is 59.2. The molecule has 0 heterocycles. The van der Waals surface area contributed by atoms with Crippen molar-refractivity contribution in [2.24, 2.45) is 0 Å². The van der Waals surface area contributed by atoms with Gasteiger partial charge in [-0.2, -0.15) is 0 Å². The number of rotatable bonds is 56. The van der Waals surface area contributed by atoms with E-state index in [4.69, 9.17) is 26.8 Å². The zero-order valence-electron chi connectivity index (χ0n) is 50.8. The number of carbonyl (C=O) groups excluding carboxylic acids is 3. The molecule has 0 N–H and O–H groups in total. The van der Waals surface area contributed by atoms with Gasteiger partial charge in [0.25, 0.3) is 0 Å². The Kier molecular flexibility index (Phi) is 64.1. The topological polar surface area (TPSA) is 278 Å². The number of hydrogen-bond donors (Lipinski definition) is 0. The average molecular weight is 1240 g/mol. The van der Waals surface area contributed by atoms with E-state index in [9.17, 15) is 53.3 Å². The second-order valence-corrected chi connectivity index (χ2v) is 23.5. The number of ether oxygens (including phenoxy) is 3. The van der Waals surface area contributed by atoms with Crippen LogP contribution in [0.15, 0.2) is 36.5 Å². The van der Waals surface area contributed by atoms with Crippen molar-refractivity contribution in [1.82, 2.24) is 0 Å². The summed E-state index contributed by atoms with van der Waals surface area (Å²) in [5.41, 5.74) is 0. The molecule has 0 fully saturated rings. The van der Waals surface area contributed by atoms with Crippen molar-refractivity contribution in [3.05, 3.63) is 36.5 Å². The fourth-order valence-electron chi connectivity index (χ4n) is 8.67. The van der Waals surface area contributed by atoms with E-state index in [1.54, 1.807) is 0 Å². The fraction of sp³-hybridized carbons (Fsp3) is 0.842. The number of esters is 3. The van der Waals surface area contributed by atoms with E-state index >= 15 is 0 Å². The minimum Gasteiger partial charge on any atom is -0.726 e. The van der Waals surface area contributed by atoms with Crippen molar-refractivity contribution in [2.75, 3.05) is 13.2 Å². The van der Waals surface area contributed by atoms with Crippen LogP contribution in [-0.2, 0) is 72.3 Å². The Hall–Kier alpha value is 0.240. The van der Waals surface area contributed by atoms with Crippen molar-refractivity contribution in [3.63, 3.8) is 0 Å². The third-order valence-electron chi connectivity index (χ3n) is 13.0. The molecule has 0 radical (unpaired) electrons. The monoisotopic (exact) mass is 1240 g/mol. The zero-order valence-corrected chi connectivity index (χ0v) is 59.3. The van der Waals surface area contributed by atoms with Gasteiger partial charge in [0.2, 0.25) is 31.2 Å².